The Morgan fingerprint density at radius 1 is 1.04 bits per heavy atom. The van der Waals surface area contributed by atoms with Crippen LogP contribution in [0.1, 0.15) is 12.7 Å². The maximum atomic E-state index is 13.2. The smallest absolute Gasteiger partial charge is 0.195 e. The van der Waals surface area contributed by atoms with Gasteiger partial charge in [0, 0.05) is 18.1 Å². The summed E-state index contributed by atoms with van der Waals surface area (Å²) in [5.41, 5.74) is 0.844. The standard InChI is InChI=1S/C15H14FN5S2/c1-2-22-15-20-19-13(10-23-14-17-8-3-9-18-14)21(15)12-6-4-11(16)5-7-12/h3-9H,2,10H2,1H3. The van der Waals surface area contributed by atoms with Gasteiger partial charge < -0.3 is 0 Å². The van der Waals surface area contributed by atoms with Crippen LogP contribution in [-0.2, 0) is 5.75 Å². The quantitative estimate of drug-likeness (QED) is 0.502. The number of hydrogen-bond donors (Lipinski definition) is 0. The van der Waals surface area contributed by atoms with Gasteiger partial charge in [0.2, 0.25) is 0 Å². The molecule has 0 fully saturated rings. The molecule has 0 saturated carbocycles. The summed E-state index contributed by atoms with van der Waals surface area (Å²) >= 11 is 3.09. The molecule has 0 saturated heterocycles. The fraction of sp³-hybridized carbons (Fsp3) is 0.200. The van der Waals surface area contributed by atoms with Crippen molar-refractivity contribution in [3.63, 3.8) is 0 Å². The number of benzene rings is 1. The molecule has 0 amide bonds. The van der Waals surface area contributed by atoms with Crippen molar-refractivity contribution in [2.75, 3.05) is 5.75 Å². The first-order valence-corrected chi connectivity index (χ1v) is 8.98. The van der Waals surface area contributed by atoms with Crippen LogP contribution >= 0.6 is 23.5 Å². The van der Waals surface area contributed by atoms with E-state index >= 15 is 0 Å². The molecule has 0 aliphatic carbocycles. The van der Waals surface area contributed by atoms with E-state index in [4.69, 9.17) is 0 Å². The van der Waals surface area contributed by atoms with Crippen LogP contribution in [0.5, 0.6) is 0 Å². The second-order valence-electron chi connectivity index (χ2n) is 4.46. The molecule has 1 aromatic carbocycles. The van der Waals surface area contributed by atoms with E-state index in [9.17, 15) is 4.39 Å². The average molecular weight is 347 g/mol. The highest BCUT2D eigenvalue weighted by Gasteiger charge is 2.14. The summed E-state index contributed by atoms with van der Waals surface area (Å²) in [6.07, 6.45) is 3.41. The molecule has 2 aromatic heterocycles. The van der Waals surface area contributed by atoms with Gasteiger partial charge in [-0.3, -0.25) is 4.57 Å². The van der Waals surface area contributed by atoms with Crippen LogP contribution in [-0.4, -0.2) is 30.5 Å². The van der Waals surface area contributed by atoms with Crippen LogP contribution in [0.25, 0.3) is 5.69 Å². The second kappa shape index (κ2) is 7.56. The van der Waals surface area contributed by atoms with E-state index in [0.29, 0.717) is 10.9 Å². The monoisotopic (exact) mass is 347 g/mol. The molecular formula is C15H14FN5S2. The van der Waals surface area contributed by atoms with E-state index in [2.05, 4.69) is 27.1 Å². The third-order valence-corrected chi connectivity index (χ3v) is 4.61. The predicted octanol–water partition coefficient (Wildman–Crippen LogP) is 3.60. The fourth-order valence-electron chi connectivity index (χ4n) is 1.95. The molecule has 0 aliphatic heterocycles. The van der Waals surface area contributed by atoms with E-state index in [0.717, 1.165) is 22.4 Å². The maximum absolute atomic E-state index is 13.2. The molecule has 8 heteroatoms. The zero-order chi connectivity index (χ0) is 16.1. The summed E-state index contributed by atoms with van der Waals surface area (Å²) in [5, 5.41) is 10.00. The number of nitrogens with zero attached hydrogens (tertiary/aromatic N) is 5. The van der Waals surface area contributed by atoms with Crippen molar-refractivity contribution in [3.05, 3.63) is 54.4 Å². The third-order valence-electron chi connectivity index (χ3n) is 2.93. The summed E-state index contributed by atoms with van der Waals surface area (Å²) in [6.45, 7) is 2.06. The van der Waals surface area contributed by atoms with Gasteiger partial charge in [-0.2, -0.15) is 0 Å². The van der Waals surface area contributed by atoms with E-state index < -0.39 is 0 Å². The zero-order valence-corrected chi connectivity index (χ0v) is 14.0. The third kappa shape index (κ3) is 3.89. The minimum Gasteiger partial charge on any atom is -0.273 e. The first kappa shape index (κ1) is 15.9. The molecule has 118 valence electrons. The Morgan fingerprint density at radius 3 is 2.48 bits per heavy atom. The lowest BCUT2D eigenvalue weighted by molar-refractivity contribution is 0.627. The Kier molecular flexibility index (Phi) is 5.24. The lowest BCUT2D eigenvalue weighted by Gasteiger charge is -2.09. The van der Waals surface area contributed by atoms with Crippen LogP contribution in [0.2, 0.25) is 0 Å². The molecule has 0 radical (unpaired) electrons. The minimum atomic E-state index is -0.264. The number of aromatic nitrogens is 5. The summed E-state index contributed by atoms with van der Waals surface area (Å²) in [4.78, 5) is 8.38. The highest BCUT2D eigenvalue weighted by molar-refractivity contribution is 7.99. The van der Waals surface area contributed by atoms with E-state index in [-0.39, 0.29) is 5.82 Å². The SMILES string of the molecule is CCSc1nnc(CSc2ncccn2)n1-c1ccc(F)cc1. The molecule has 0 aliphatic rings. The minimum absolute atomic E-state index is 0.264. The van der Waals surface area contributed by atoms with Crippen LogP contribution in [0, 0.1) is 5.82 Å². The van der Waals surface area contributed by atoms with Crippen molar-refractivity contribution >= 4 is 23.5 Å². The van der Waals surface area contributed by atoms with Crippen molar-refractivity contribution < 1.29 is 4.39 Å². The lowest BCUT2D eigenvalue weighted by atomic mass is 10.3. The van der Waals surface area contributed by atoms with Crippen LogP contribution in [0.4, 0.5) is 4.39 Å². The summed E-state index contributed by atoms with van der Waals surface area (Å²) in [6, 6.07) is 8.11. The fourth-order valence-corrected chi connectivity index (χ4v) is 3.37. The summed E-state index contributed by atoms with van der Waals surface area (Å²) in [7, 11) is 0. The molecule has 0 unspecified atom stereocenters. The van der Waals surface area contributed by atoms with Gasteiger partial charge >= 0.3 is 0 Å². The molecule has 3 aromatic rings. The number of thioether (sulfide) groups is 2. The van der Waals surface area contributed by atoms with Crippen molar-refractivity contribution in [1.82, 2.24) is 24.7 Å². The average Bonchev–Trinajstić information content (AvgIpc) is 2.98. The molecule has 0 bridgehead atoms. The molecule has 23 heavy (non-hydrogen) atoms. The molecule has 3 rings (SSSR count). The highest BCUT2D eigenvalue weighted by atomic mass is 32.2. The molecule has 0 atom stereocenters. The molecule has 5 nitrogen and oxygen atoms in total. The van der Waals surface area contributed by atoms with Gasteiger partial charge in [0.05, 0.1) is 5.75 Å². The van der Waals surface area contributed by atoms with Gasteiger partial charge in [0.15, 0.2) is 10.3 Å². The van der Waals surface area contributed by atoms with Gasteiger partial charge in [0.25, 0.3) is 0 Å². The summed E-state index contributed by atoms with van der Waals surface area (Å²) < 4.78 is 15.1. The topological polar surface area (TPSA) is 56.5 Å². The van der Waals surface area contributed by atoms with E-state index in [1.807, 2.05) is 4.57 Å². The Hall–Kier alpha value is -1.93. The largest absolute Gasteiger partial charge is 0.273 e. The Labute approximate surface area is 141 Å². The second-order valence-corrected chi connectivity index (χ2v) is 6.64. The number of rotatable bonds is 6. The summed E-state index contributed by atoms with van der Waals surface area (Å²) in [5.74, 6) is 1.98. The number of hydrogen-bond acceptors (Lipinski definition) is 6. The van der Waals surface area contributed by atoms with Crippen LogP contribution in [0.15, 0.2) is 53.0 Å². The Bertz CT molecular complexity index is 761. The van der Waals surface area contributed by atoms with Gasteiger partial charge in [-0.15, -0.1) is 10.2 Å². The molecule has 0 spiro atoms. The lowest BCUT2D eigenvalue weighted by Crippen LogP contribution is -2.02. The van der Waals surface area contributed by atoms with Crippen molar-refractivity contribution in [1.29, 1.82) is 0 Å². The van der Waals surface area contributed by atoms with Crippen LogP contribution < -0.4 is 0 Å². The van der Waals surface area contributed by atoms with Crippen LogP contribution in [0.3, 0.4) is 0 Å². The molecule has 0 N–H and O–H groups in total. The van der Waals surface area contributed by atoms with Gasteiger partial charge in [-0.05, 0) is 36.1 Å². The Balaban J connectivity index is 1.89. The van der Waals surface area contributed by atoms with E-state index in [1.165, 1.54) is 23.9 Å². The van der Waals surface area contributed by atoms with Crippen molar-refractivity contribution in [3.8, 4) is 5.69 Å². The number of halogens is 1. The Morgan fingerprint density at radius 2 is 1.78 bits per heavy atom. The highest BCUT2D eigenvalue weighted by Crippen LogP contribution is 2.25. The van der Waals surface area contributed by atoms with Gasteiger partial charge in [-0.25, -0.2) is 14.4 Å². The maximum Gasteiger partial charge on any atom is 0.195 e. The van der Waals surface area contributed by atoms with Crippen molar-refractivity contribution in [2.24, 2.45) is 0 Å². The predicted molar refractivity (Wildman–Crippen MR) is 89.3 cm³/mol. The molecule has 2 heterocycles. The van der Waals surface area contributed by atoms with E-state index in [1.54, 1.807) is 42.4 Å². The van der Waals surface area contributed by atoms with Crippen molar-refractivity contribution in [2.45, 2.75) is 23.0 Å². The molecular weight excluding hydrogens is 333 g/mol. The first-order chi connectivity index (χ1) is 11.3. The first-order valence-electron chi connectivity index (χ1n) is 7.00. The van der Waals surface area contributed by atoms with Gasteiger partial charge in [0.1, 0.15) is 11.6 Å². The zero-order valence-electron chi connectivity index (χ0n) is 12.4. The van der Waals surface area contributed by atoms with Gasteiger partial charge in [-0.1, -0.05) is 30.4 Å². The normalized spacial score (nSPS) is 10.9.